The van der Waals surface area contributed by atoms with Crippen molar-refractivity contribution in [1.29, 1.82) is 0 Å². The monoisotopic (exact) mass is 394 g/mol. The number of hydrogen-bond donors (Lipinski definition) is 1. The van der Waals surface area contributed by atoms with Gasteiger partial charge in [0.15, 0.2) is 5.78 Å². The third kappa shape index (κ3) is 2.82. The highest BCUT2D eigenvalue weighted by molar-refractivity contribution is 6.05. The molecule has 4 heteroatoms. The number of aliphatic hydroxyl groups is 1. The third-order valence-corrected chi connectivity index (χ3v) is 9.04. The van der Waals surface area contributed by atoms with Crippen molar-refractivity contribution in [2.75, 3.05) is 0 Å². The van der Waals surface area contributed by atoms with Crippen LogP contribution in [-0.4, -0.2) is 26.8 Å². The normalized spacial score (nSPS) is 43.0. The maximum atomic E-state index is 13.5. The van der Waals surface area contributed by atoms with Crippen molar-refractivity contribution in [1.82, 2.24) is 9.78 Å². The number of Topliss-reactive ketones (excluding diaryl/α,β-unsaturated/α-hetero) is 1. The molecule has 6 atom stereocenters. The molecule has 0 saturated heterocycles. The standard InChI is InChI=1S/C25H34N2O2/c1-4-27-15-16(14-26-27)11-17-12-22-20-6-5-18-13-19(28)7-9-24(18,2)21(20)8-10-25(22,3)23(17)29/h5,11,14-15,19-22,28H,4,6-10,12-13H2,1-3H3/b17-11-/t19-,20-,21+,22+,24-,25-/m0/s1. The SMILES string of the molecule is CCn1cc(/C=C2/C[C@@H]3[C@H]4CC=C5C[C@@H](O)CC[C@]5(C)[C@@H]4CC[C@]3(C)C2=O)cn1. The van der Waals surface area contributed by atoms with Crippen molar-refractivity contribution in [3.05, 3.63) is 35.2 Å². The van der Waals surface area contributed by atoms with Crippen molar-refractivity contribution in [2.24, 2.45) is 28.6 Å². The van der Waals surface area contributed by atoms with E-state index < -0.39 is 0 Å². The molecule has 0 bridgehead atoms. The number of carbonyl (C=O) groups excluding carboxylic acids is 1. The first kappa shape index (κ1) is 19.3. The second-order valence-electron chi connectivity index (χ2n) is 10.4. The molecule has 4 nitrogen and oxygen atoms in total. The average molecular weight is 395 g/mol. The molecular formula is C25H34N2O2. The zero-order valence-corrected chi connectivity index (χ0v) is 18.0. The number of hydrogen-bond acceptors (Lipinski definition) is 3. The van der Waals surface area contributed by atoms with Gasteiger partial charge in [0, 0.05) is 23.7 Å². The highest BCUT2D eigenvalue weighted by Crippen LogP contribution is 2.64. The fourth-order valence-electron chi connectivity index (χ4n) is 7.27. The van der Waals surface area contributed by atoms with E-state index in [1.807, 2.05) is 17.1 Å². The van der Waals surface area contributed by atoms with Crippen LogP contribution in [0.2, 0.25) is 0 Å². The molecule has 0 aromatic carbocycles. The molecular weight excluding hydrogens is 360 g/mol. The predicted molar refractivity (Wildman–Crippen MR) is 114 cm³/mol. The minimum atomic E-state index is -0.205. The Morgan fingerprint density at radius 2 is 2.00 bits per heavy atom. The van der Waals surface area contributed by atoms with Gasteiger partial charge in [-0.25, -0.2) is 0 Å². The summed E-state index contributed by atoms with van der Waals surface area (Å²) in [6.07, 6.45) is 15.3. The minimum absolute atomic E-state index is 0.161. The van der Waals surface area contributed by atoms with E-state index >= 15 is 0 Å². The summed E-state index contributed by atoms with van der Waals surface area (Å²) in [4.78, 5) is 13.5. The Balaban J connectivity index is 1.46. The van der Waals surface area contributed by atoms with Crippen LogP contribution in [0, 0.1) is 28.6 Å². The van der Waals surface area contributed by atoms with Crippen molar-refractivity contribution >= 4 is 11.9 Å². The lowest BCUT2D eigenvalue weighted by Crippen LogP contribution is -2.50. The third-order valence-electron chi connectivity index (χ3n) is 9.04. The van der Waals surface area contributed by atoms with Gasteiger partial charge in [-0.15, -0.1) is 0 Å². The van der Waals surface area contributed by atoms with Crippen LogP contribution in [-0.2, 0) is 11.3 Å². The lowest BCUT2D eigenvalue weighted by molar-refractivity contribution is -0.130. The van der Waals surface area contributed by atoms with Crippen LogP contribution in [0.3, 0.4) is 0 Å². The fraction of sp³-hybridized carbons (Fsp3) is 0.680. The van der Waals surface area contributed by atoms with Gasteiger partial charge in [0.25, 0.3) is 0 Å². The first-order chi connectivity index (χ1) is 13.8. The number of ketones is 1. The predicted octanol–water partition coefficient (Wildman–Crippen LogP) is 4.79. The number of allylic oxidation sites excluding steroid dienone is 2. The maximum absolute atomic E-state index is 13.5. The van der Waals surface area contributed by atoms with E-state index in [4.69, 9.17) is 0 Å². The van der Waals surface area contributed by atoms with Crippen molar-refractivity contribution < 1.29 is 9.90 Å². The summed E-state index contributed by atoms with van der Waals surface area (Å²) in [7, 11) is 0. The van der Waals surface area contributed by atoms with E-state index in [9.17, 15) is 9.90 Å². The van der Waals surface area contributed by atoms with Gasteiger partial charge in [-0.1, -0.05) is 25.5 Å². The smallest absolute Gasteiger partial charge is 0.165 e. The number of rotatable bonds is 2. The van der Waals surface area contributed by atoms with Crippen LogP contribution in [0.1, 0.15) is 71.3 Å². The second-order valence-corrected chi connectivity index (χ2v) is 10.4. The number of aliphatic hydroxyl groups excluding tert-OH is 1. The highest BCUT2D eigenvalue weighted by Gasteiger charge is 2.59. The zero-order chi connectivity index (χ0) is 20.4. The van der Waals surface area contributed by atoms with Crippen LogP contribution in [0.5, 0.6) is 0 Å². The molecule has 0 unspecified atom stereocenters. The summed E-state index contributed by atoms with van der Waals surface area (Å²) in [5, 5.41) is 14.5. The summed E-state index contributed by atoms with van der Waals surface area (Å²) >= 11 is 0. The number of carbonyl (C=O) groups is 1. The summed E-state index contributed by atoms with van der Waals surface area (Å²) in [6, 6.07) is 0. The van der Waals surface area contributed by atoms with E-state index in [1.54, 1.807) is 0 Å². The Bertz CT molecular complexity index is 896. The van der Waals surface area contributed by atoms with Crippen LogP contribution in [0.25, 0.3) is 6.08 Å². The Morgan fingerprint density at radius 1 is 1.21 bits per heavy atom. The van der Waals surface area contributed by atoms with E-state index in [1.165, 1.54) is 5.57 Å². The van der Waals surface area contributed by atoms with Crippen LogP contribution in [0.4, 0.5) is 0 Å². The van der Waals surface area contributed by atoms with E-state index in [-0.39, 0.29) is 16.9 Å². The number of aryl methyl sites for hydroxylation is 1. The largest absolute Gasteiger partial charge is 0.393 e. The topological polar surface area (TPSA) is 55.1 Å². The molecule has 0 amide bonds. The Hall–Kier alpha value is -1.68. The maximum Gasteiger partial charge on any atom is 0.165 e. The summed E-state index contributed by atoms with van der Waals surface area (Å²) < 4.78 is 1.92. The van der Waals surface area contributed by atoms with Crippen LogP contribution < -0.4 is 0 Å². The molecule has 4 aliphatic rings. The van der Waals surface area contributed by atoms with Crippen molar-refractivity contribution in [3.8, 4) is 0 Å². The first-order valence-corrected chi connectivity index (χ1v) is 11.5. The molecule has 156 valence electrons. The molecule has 0 aliphatic heterocycles. The number of nitrogens with zero attached hydrogens (tertiary/aromatic N) is 2. The minimum Gasteiger partial charge on any atom is -0.393 e. The molecule has 4 aliphatic carbocycles. The molecule has 29 heavy (non-hydrogen) atoms. The van der Waals surface area contributed by atoms with Gasteiger partial charge in [0.05, 0.1) is 12.3 Å². The first-order valence-electron chi connectivity index (χ1n) is 11.5. The summed E-state index contributed by atoms with van der Waals surface area (Å²) in [6.45, 7) is 7.61. The Morgan fingerprint density at radius 3 is 2.76 bits per heavy atom. The molecule has 0 radical (unpaired) electrons. The molecule has 1 aromatic heterocycles. The molecule has 3 saturated carbocycles. The molecule has 3 fully saturated rings. The van der Waals surface area contributed by atoms with Gasteiger partial charge in [0.2, 0.25) is 0 Å². The summed E-state index contributed by atoms with van der Waals surface area (Å²) in [5.74, 6) is 2.07. The zero-order valence-electron chi connectivity index (χ0n) is 18.0. The van der Waals surface area contributed by atoms with E-state index in [0.29, 0.717) is 23.5 Å². The average Bonchev–Trinajstić information content (AvgIpc) is 3.26. The van der Waals surface area contributed by atoms with Gasteiger partial charge in [0.1, 0.15) is 0 Å². The lowest BCUT2D eigenvalue weighted by atomic mass is 9.48. The van der Waals surface area contributed by atoms with E-state index in [2.05, 4.69) is 38.0 Å². The quantitative estimate of drug-likeness (QED) is 0.580. The van der Waals surface area contributed by atoms with Gasteiger partial charge < -0.3 is 5.11 Å². The van der Waals surface area contributed by atoms with E-state index in [0.717, 1.165) is 62.6 Å². The lowest BCUT2D eigenvalue weighted by Gasteiger charge is -2.56. The molecule has 0 spiro atoms. The molecule has 5 rings (SSSR count). The summed E-state index contributed by atoms with van der Waals surface area (Å²) in [5.41, 5.74) is 3.57. The van der Waals surface area contributed by atoms with Gasteiger partial charge in [-0.2, -0.15) is 5.10 Å². The van der Waals surface area contributed by atoms with Gasteiger partial charge in [-0.3, -0.25) is 9.48 Å². The van der Waals surface area contributed by atoms with Crippen molar-refractivity contribution in [2.45, 2.75) is 78.4 Å². The second kappa shape index (κ2) is 6.66. The van der Waals surface area contributed by atoms with Crippen LogP contribution in [0.15, 0.2) is 29.6 Å². The van der Waals surface area contributed by atoms with Gasteiger partial charge in [-0.05, 0) is 86.7 Å². The van der Waals surface area contributed by atoms with Gasteiger partial charge >= 0.3 is 0 Å². The highest BCUT2D eigenvalue weighted by atomic mass is 16.3. The fourth-order valence-corrected chi connectivity index (χ4v) is 7.27. The Labute approximate surface area is 174 Å². The molecule has 1 heterocycles. The number of fused-ring (bicyclic) bond motifs is 5. The Kier molecular flexibility index (Phi) is 4.43. The molecule has 1 N–H and O–H groups in total. The molecule has 1 aromatic rings. The van der Waals surface area contributed by atoms with Crippen LogP contribution >= 0.6 is 0 Å². The number of aromatic nitrogens is 2. The van der Waals surface area contributed by atoms with Crippen molar-refractivity contribution in [3.63, 3.8) is 0 Å².